The molecule has 1 aromatic heterocycles. The number of anilines is 2. The SMILES string of the molecule is C=C/C(=N\C)N(C(=O)Nc1cccc(Cl)c1)c1ccccn1. The lowest BCUT2D eigenvalue weighted by atomic mass is 10.3. The Balaban J connectivity index is 2.33. The maximum atomic E-state index is 12.6. The Kier molecular flexibility index (Phi) is 5.27. The van der Waals surface area contributed by atoms with Crippen molar-refractivity contribution < 1.29 is 4.79 Å². The highest BCUT2D eigenvalue weighted by Crippen LogP contribution is 2.17. The third-order valence-electron chi connectivity index (χ3n) is 2.80. The highest BCUT2D eigenvalue weighted by atomic mass is 35.5. The van der Waals surface area contributed by atoms with Gasteiger partial charge in [-0.15, -0.1) is 0 Å². The Morgan fingerprint density at radius 1 is 1.36 bits per heavy atom. The Morgan fingerprint density at radius 2 is 2.18 bits per heavy atom. The minimum atomic E-state index is -0.401. The Hall–Kier alpha value is -2.66. The van der Waals surface area contributed by atoms with Gasteiger partial charge in [-0.2, -0.15) is 0 Å². The molecule has 1 N–H and O–H groups in total. The molecule has 1 heterocycles. The number of amides is 2. The van der Waals surface area contributed by atoms with E-state index in [4.69, 9.17) is 11.6 Å². The van der Waals surface area contributed by atoms with E-state index in [0.717, 1.165) is 0 Å². The zero-order chi connectivity index (χ0) is 15.9. The lowest BCUT2D eigenvalue weighted by Crippen LogP contribution is -2.39. The van der Waals surface area contributed by atoms with Crippen LogP contribution in [0.3, 0.4) is 0 Å². The number of carbonyl (C=O) groups is 1. The van der Waals surface area contributed by atoms with Crippen LogP contribution in [0.25, 0.3) is 0 Å². The van der Waals surface area contributed by atoms with E-state index in [2.05, 4.69) is 21.9 Å². The van der Waals surface area contributed by atoms with Crippen molar-refractivity contribution in [3.8, 4) is 0 Å². The van der Waals surface area contributed by atoms with Crippen LogP contribution in [0.2, 0.25) is 5.02 Å². The quantitative estimate of drug-likeness (QED) is 0.688. The number of halogens is 1. The zero-order valence-corrected chi connectivity index (χ0v) is 12.8. The van der Waals surface area contributed by atoms with Crippen LogP contribution in [0, 0.1) is 0 Å². The van der Waals surface area contributed by atoms with Gasteiger partial charge in [0.15, 0.2) is 0 Å². The van der Waals surface area contributed by atoms with Crippen molar-refractivity contribution in [2.45, 2.75) is 0 Å². The number of hydrogen-bond acceptors (Lipinski definition) is 3. The molecule has 22 heavy (non-hydrogen) atoms. The molecule has 2 rings (SSSR count). The summed E-state index contributed by atoms with van der Waals surface area (Å²) in [4.78, 5) is 22.2. The number of rotatable bonds is 3. The topological polar surface area (TPSA) is 57.6 Å². The van der Waals surface area contributed by atoms with Gasteiger partial charge in [0.2, 0.25) is 0 Å². The van der Waals surface area contributed by atoms with Gasteiger partial charge in [0.05, 0.1) is 0 Å². The fourth-order valence-corrected chi connectivity index (χ4v) is 2.03. The van der Waals surface area contributed by atoms with Crippen LogP contribution in [-0.2, 0) is 0 Å². The number of aliphatic imine (C=N–C) groups is 1. The summed E-state index contributed by atoms with van der Waals surface area (Å²) in [6, 6.07) is 11.8. The lowest BCUT2D eigenvalue weighted by molar-refractivity contribution is 0.259. The van der Waals surface area contributed by atoms with Crippen LogP contribution in [0.4, 0.5) is 16.3 Å². The van der Waals surface area contributed by atoms with Crippen molar-refractivity contribution in [2.75, 3.05) is 17.3 Å². The molecule has 112 valence electrons. The summed E-state index contributed by atoms with van der Waals surface area (Å²) in [5.74, 6) is 0.834. The molecule has 0 saturated heterocycles. The fourth-order valence-electron chi connectivity index (χ4n) is 1.84. The van der Waals surface area contributed by atoms with Gasteiger partial charge in [0, 0.05) is 24.0 Å². The summed E-state index contributed by atoms with van der Waals surface area (Å²) in [5.41, 5.74) is 0.581. The number of benzene rings is 1. The average Bonchev–Trinajstić information content (AvgIpc) is 2.53. The lowest BCUT2D eigenvalue weighted by Gasteiger charge is -2.21. The van der Waals surface area contributed by atoms with Crippen molar-refractivity contribution in [3.63, 3.8) is 0 Å². The summed E-state index contributed by atoms with van der Waals surface area (Å²) in [6.45, 7) is 3.68. The summed E-state index contributed by atoms with van der Waals surface area (Å²) in [5, 5.41) is 3.30. The van der Waals surface area contributed by atoms with E-state index in [1.54, 1.807) is 55.7 Å². The number of nitrogens with one attached hydrogen (secondary N) is 1. The molecule has 0 saturated carbocycles. The molecule has 0 fully saturated rings. The summed E-state index contributed by atoms with van der Waals surface area (Å²) >= 11 is 5.92. The third-order valence-corrected chi connectivity index (χ3v) is 3.03. The van der Waals surface area contributed by atoms with Crippen molar-refractivity contribution in [1.82, 2.24) is 4.98 Å². The monoisotopic (exact) mass is 314 g/mol. The van der Waals surface area contributed by atoms with E-state index in [1.165, 1.54) is 11.0 Å². The molecule has 0 aliphatic rings. The molecule has 0 spiro atoms. The second kappa shape index (κ2) is 7.38. The van der Waals surface area contributed by atoms with Gasteiger partial charge >= 0.3 is 6.03 Å². The van der Waals surface area contributed by atoms with Gasteiger partial charge in [-0.25, -0.2) is 14.7 Å². The van der Waals surface area contributed by atoms with Gasteiger partial charge in [-0.1, -0.05) is 30.3 Å². The number of urea groups is 1. The number of pyridine rings is 1. The molecule has 0 radical (unpaired) electrons. The molecule has 6 heteroatoms. The Bertz CT molecular complexity index is 700. The standard InChI is InChI=1S/C16H15ClN4O/c1-3-14(18-2)21(15-9-4-5-10-19-15)16(22)20-13-8-6-7-12(17)11-13/h3-11H,1H2,2H3,(H,20,22)/b18-14+. The minimum Gasteiger partial charge on any atom is -0.307 e. The van der Waals surface area contributed by atoms with E-state index in [-0.39, 0.29) is 0 Å². The fraction of sp³-hybridized carbons (Fsp3) is 0.0625. The average molecular weight is 315 g/mol. The molecular weight excluding hydrogens is 300 g/mol. The van der Waals surface area contributed by atoms with Crippen molar-refractivity contribution in [1.29, 1.82) is 0 Å². The summed E-state index contributed by atoms with van der Waals surface area (Å²) in [7, 11) is 1.58. The first-order valence-corrected chi connectivity index (χ1v) is 6.90. The number of hydrogen-bond donors (Lipinski definition) is 1. The Morgan fingerprint density at radius 3 is 2.77 bits per heavy atom. The van der Waals surface area contributed by atoms with Crippen LogP contribution < -0.4 is 10.2 Å². The van der Waals surface area contributed by atoms with E-state index in [9.17, 15) is 4.79 Å². The summed E-state index contributed by atoms with van der Waals surface area (Å²) < 4.78 is 0. The predicted octanol–water partition coefficient (Wildman–Crippen LogP) is 3.99. The second-order valence-corrected chi connectivity index (χ2v) is 4.69. The largest absolute Gasteiger partial charge is 0.333 e. The minimum absolute atomic E-state index is 0.387. The van der Waals surface area contributed by atoms with Gasteiger partial charge in [0.25, 0.3) is 0 Å². The number of aromatic nitrogens is 1. The molecule has 0 atom stereocenters. The first-order valence-electron chi connectivity index (χ1n) is 6.52. The van der Waals surface area contributed by atoms with Gasteiger partial charge in [-0.05, 0) is 36.4 Å². The van der Waals surface area contributed by atoms with E-state index in [0.29, 0.717) is 22.4 Å². The maximum Gasteiger partial charge on any atom is 0.333 e. The van der Waals surface area contributed by atoms with E-state index in [1.807, 2.05) is 0 Å². The predicted molar refractivity (Wildman–Crippen MR) is 90.7 cm³/mol. The van der Waals surface area contributed by atoms with Gasteiger partial charge in [-0.3, -0.25) is 4.99 Å². The van der Waals surface area contributed by atoms with Crippen molar-refractivity contribution >= 4 is 35.0 Å². The van der Waals surface area contributed by atoms with Gasteiger partial charge in [0.1, 0.15) is 11.7 Å². The first kappa shape index (κ1) is 15.7. The molecule has 2 aromatic rings. The highest BCUT2D eigenvalue weighted by Gasteiger charge is 2.20. The smallest absolute Gasteiger partial charge is 0.307 e. The molecular formula is C16H15ClN4O. The van der Waals surface area contributed by atoms with Crippen molar-refractivity contribution in [3.05, 3.63) is 66.3 Å². The summed E-state index contributed by atoms with van der Waals surface area (Å²) in [6.07, 6.45) is 3.09. The molecule has 0 aliphatic carbocycles. The molecule has 1 aromatic carbocycles. The molecule has 0 bridgehead atoms. The number of nitrogens with zero attached hydrogens (tertiary/aromatic N) is 3. The normalized spacial score (nSPS) is 10.9. The van der Waals surface area contributed by atoms with Crippen LogP contribution in [-0.4, -0.2) is 23.9 Å². The molecule has 2 amide bonds. The van der Waals surface area contributed by atoms with Crippen LogP contribution in [0.15, 0.2) is 66.3 Å². The molecule has 5 nitrogen and oxygen atoms in total. The first-order chi connectivity index (χ1) is 10.7. The Labute approximate surface area is 134 Å². The van der Waals surface area contributed by atoms with Crippen LogP contribution in [0.1, 0.15) is 0 Å². The highest BCUT2D eigenvalue weighted by molar-refractivity contribution is 6.31. The van der Waals surface area contributed by atoms with E-state index < -0.39 is 6.03 Å². The number of carbonyl (C=O) groups excluding carboxylic acids is 1. The zero-order valence-electron chi connectivity index (χ0n) is 12.0. The van der Waals surface area contributed by atoms with Gasteiger partial charge < -0.3 is 5.32 Å². The number of amidine groups is 1. The van der Waals surface area contributed by atoms with E-state index >= 15 is 0 Å². The maximum absolute atomic E-state index is 12.6. The van der Waals surface area contributed by atoms with Crippen LogP contribution in [0.5, 0.6) is 0 Å². The van der Waals surface area contributed by atoms with Crippen molar-refractivity contribution in [2.24, 2.45) is 4.99 Å². The second-order valence-electron chi connectivity index (χ2n) is 4.25. The molecule has 0 unspecified atom stereocenters. The third kappa shape index (κ3) is 3.71. The van der Waals surface area contributed by atoms with Crippen LogP contribution >= 0.6 is 11.6 Å². The molecule has 0 aliphatic heterocycles.